The number of hydrogen-bond acceptors (Lipinski definition) is 4. The molecule has 0 saturated carbocycles. The van der Waals surface area contributed by atoms with Crippen LogP contribution < -0.4 is 4.90 Å². The molecule has 128 valence electrons. The van der Waals surface area contributed by atoms with Gasteiger partial charge in [0.05, 0.1) is 17.3 Å². The van der Waals surface area contributed by atoms with E-state index in [9.17, 15) is 4.79 Å². The van der Waals surface area contributed by atoms with Gasteiger partial charge in [-0.3, -0.25) is 9.48 Å². The number of nitrogens with zero attached hydrogens (tertiary/aromatic N) is 5. The van der Waals surface area contributed by atoms with E-state index in [1.54, 1.807) is 17.1 Å². The summed E-state index contributed by atoms with van der Waals surface area (Å²) >= 11 is 6.02. The number of hydrogen-bond donors (Lipinski definition) is 0. The van der Waals surface area contributed by atoms with E-state index in [1.165, 1.54) is 0 Å². The van der Waals surface area contributed by atoms with Gasteiger partial charge in [-0.15, -0.1) is 0 Å². The molecule has 0 aliphatic carbocycles. The van der Waals surface area contributed by atoms with Crippen molar-refractivity contribution in [1.82, 2.24) is 19.7 Å². The molecule has 4 rings (SSSR count). The van der Waals surface area contributed by atoms with E-state index in [4.69, 9.17) is 16.6 Å². The van der Waals surface area contributed by atoms with Crippen LogP contribution in [0.5, 0.6) is 0 Å². The third-order valence-electron chi connectivity index (χ3n) is 4.48. The lowest BCUT2D eigenvalue weighted by molar-refractivity contribution is 0.0746. The quantitative estimate of drug-likeness (QED) is 0.709. The van der Waals surface area contributed by atoms with E-state index in [-0.39, 0.29) is 5.91 Å². The largest absolute Gasteiger partial charge is 0.353 e. The van der Waals surface area contributed by atoms with E-state index >= 15 is 0 Å². The zero-order valence-electron chi connectivity index (χ0n) is 13.9. The molecule has 7 heteroatoms. The van der Waals surface area contributed by atoms with Crippen LogP contribution in [0.3, 0.4) is 0 Å². The molecule has 3 aromatic rings. The Balaban J connectivity index is 1.46. The fourth-order valence-electron chi connectivity index (χ4n) is 3.11. The molecule has 0 spiro atoms. The molecule has 1 aromatic carbocycles. The molecule has 0 unspecified atom stereocenters. The molecule has 0 N–H and O–H groups in total. The molecule has 1 aliphatic heterocycles. The predicted octanol–water partition coefficient (Wildman–Crippen LogP) is 2.58. The Kier molecular flexibility index (Phi) is 4.05. The first-order chi connectivity index (χ1) is 12.1. The van der Waals surface area contributed by atoms with Crippen molar-refractivity contribution in [3.8, 4) is 0 Å². The molecular formula is C18H18ClN5O. The van der Waals surface area contributed by atoms with E-state index < -0.39 is 0 Å². The molecule has 1 saturated heterocycles. The van der Waals surface area contributed by atoms with Gasteiger partial charge < -0.3 is 9.80 Å². The number of rotatable bonds is 2. The van der Waals surface area contributed by atoms with Crippen molar-refractivity contribution < 1.29 is 4.79 Å². The Labute approximate surface area is 150 Å². The van der Waals surface area contributed by atoms with Gasteiger partial charge >= 0.3 is 0 Å². The molecular weight excluding hydrogens is 338 g/mol. The Bertz CT molecular complexity index is 930. The van der Waals surface area contributed by atoms with Crippen LogP contribution in [0, 0.1) is 0 Å². The molecule has 3 heterocycles. The summed E-state index contributed by atoms with van der Waals surface area (Å²) in [5.41, 5.74) is 1.56. The van der Waals surface area contributed by atoms with Crippen molar-refractivity contribution in [2.45, 2.75) is 0 Å². The van der Waals surface area contributed by atoms with E-state index in [1.807, 2.05) is 42.3 Å². The summed E-state index contributed by atoms with van der Waals surface area (Å²) in [6, 6.07) is 9.75. The van der Waals surface area contributed by atoms with Gasteiger partial charge in [-0.1, -0.05) is 11.6 Å². The van der Waals surface area contributed by atoms with Crippen molar-refractivity contribution in [3.05, 3.63) is 53.3 Å². The van der Waals surface area contributed by atoms with Crippen LogP contribution in [0.25, 0.3) is 10.9 Å². The smallest absolute Gasteiger partial charge is 0.257 e. The van der Waals surface area contributed by atoms with Crippen LogP contribution in [0.15, 0.2) is 42.7 Å². The van der Waals surface area contributed by atoms with Gasteiger partial charge in [0.15, 0.2) is 0 Å². The monoisotopic (exact) mass is 355 g/mol. The van der Waals surface area contributed by atoms with Crippen molar-refractivity contribution in [2.75, 3.05) is 31.1 Å². The van der Waals surface area contributed by atoms with E-state index in [2.05, 4.69) is 10.00 Å². The zero-order chi connectivity index (χ0) is 17.4. The first kappa shape index (κ1) is 15.9. The highest BCUT2D eigenvalue weighted by Gasteiger charge is 2.23. The van der Waals surface area contributed by atoms with Gasteiger partial charge in [0.2, 0.25) is 0 Å². The lowest BCUT2D eigenvalue weighted by atomic mass is 10.2. The Morgan fingerprint density at radius 3 is 2.64 bits per heavy atom. The van der Waals surface area contributed by atoms with E-state index in [0.717, 1.165) is 29.8 Å². The number of carbonyl (C=O) groups is 1. The minimum absolute atomic E-state index is 0.0360. The lowest BCUT2D eigenvalue weighted by Gasteiger charge is -2.35. The SMILES string of the molecule is Cn1cc(C(=O)N2CCN(c3ccc4cc(Cl)ccc4n3)CC2)cn1. The molecule has 1 fully saturated rings. The second-order valence-corrected chi connectivity index (χ2v) is 6.62. The predicted molar refractivity (Wildman–Crippen MR) is 98.1 cm³/mol. The minimum atomic E-state index is 0.0360. The second-order valence-electron chi connectivity index (χ2n) is 6.19. The molecule has 0 radical (unpaired) electrons. The summed E-state index contributed by atoms with van der Waals surface area (Å²) < 4.78 is 1.65. The number of anilines is 1. The summed E-state index contributed by atoms with van der Waals surface area (Å²) in [5.74, 6) is 0.970. The van der Waals surface area contributed by atoms with Gasteiger partial charge in [0, 0.05) is 49.8 Å². The summed E-state index contributed by atoms with van der Waals surface area (Å²) in [5, 5.41) is 5.81. The van der Waals surface area contributed by atoms with Crippen molar-refractivity contribution in [2.24, 2.45) is 7.05 Å². The third-order valence-corrected chi connectivity index (χ3v) is 4.71. The Morgan fingerprint density at radius 1 is 1.12 bits per heavy atom. The van der Waals surface area contributed by atoms with Crippen molar-refractivity contribution in [3.63, 3.8) is 0 Å². The molecule has 2 aromatic heterocycles. The van der Waals surface area contributed by atoms with Gasteiger partial charge in [-0.2, -0.15) is 5.10 Å². The van der Waals surface area contributed by atoms with Crippen LogP contribution >= 0.6 is 11.6 Å². The maximum Gasteiger partial charge on any atom is 0.257 e. The summed E-state index contributed by atoms with van der Waals surface area (Å²) in [6.07, 6.45) is 3.37. The fourth-order valence-corrected chi connectivity index (χ4v) is 3.30. The average molecular weight is 356 g/mol. The maximum absolute atomic E-state index is 12.5. The van der Waals surface area contributed by atoms with Gasteiger partial charge in [0.1, 0.15) is 5.82 Å². The van der Waals surface area contributed by atoms with Crippen LogP contribution in [-0.2, 0) is 7.05 Å². The average Bonchev–Trinajstić information content (AvgIpc) is 3.07. The Hall–Kier alpha value is -2.60. The minimum Gasteiger partial charge on any atom is -0.353 e. The topological polar surface area (TPSA) is 54.3 Å². The lowest BCUT2D eigenvalue weighted by Crippen LogP contribution is -2.49. The van der Waals surface area contributed by atoms with Gasteiger partial charge in [0.25, 0.3) is 5.91 Å². The molecule has 25 heavy (non-hydrogen) atoms. The summed E-state index contributed by atoms with van der Waals surface area (Å²) in [7, 11) is 1.81. The second kappa shape index (κ2) is 6.37. The normalized spacial score (nSPS) is 15.0. The molecule has 1 amide bonds. The van der Waals surface area contributed by atoms with Gasteiger partial charge in [-0.05, 0) is 30.3 Å². The summed E-state index contributed by atoms with van der Waals surface area (Å²) in [6.45, 7) is 2.87. The van der Waals surface area contributed by atoms with Crippen LogP contribution in [0.2, 0.25) is 5.02 Å². The highest BCUT2D eigenvalue weighted by molar-refractivity contribution is 6.31. The van der Waals surface area contributed by atoms with Crippen LogP contribution in [-0.4, -0.2) is 51.8 Å². The number of benzene rings is 1. The number of amides is 1. The van der Waals surface area contributed by atoms with Crippen LogP contribution in [0.4, 0.5) is 5.82 Å². The first-order valence-corrected chi connectivity index (χ1v) is 8.57. The number of aryl methyl sites for hydroxylation is 1. The summed E-state index contributed by atoms with van der Waals surface area (Å²) in [4.78, 5) is 21.3. The van der Waals surface area contributed by atoms with Crippen LogP contribution in [0.1, 0.15) is 10.4 Å². The molecule has 1 aliphatic rings. The zero-order valence-corrected chi connectivity index (χ0v) is 14.6. The maximum atomic E-state index is 12.5. The number of halogens is 1. The number of piperazine rings is 1. The Morgan fingerprint density at radius 2 is 1.92 bits per heavy atom. The number of fused-ring (bicyclic) bond motifs is 1. The molecule has 0 bridgehead atoms. The van der Waals surface area contributed by atoms with Crippen molar-refractivity contribution >= 4 is 34.2 Å². The first-order valence-electron chi connectivity index (χ1n) is 8.19. The third kappa shape index (κ3) is 3.17. The van der Waals surface area contributed by atoms with Gasteiger partial charge in [-0.25, -0.2) is 4.98 Å². The highest BCUT2D eigenvalue weighted by Crippen LogP contribution is 2.22. The number of carbonyl (C=O) groups excluding carboxylic acids is 1. The number of aromatic nitrogens is 3. The van der Waals surface area contributed by atoms with E-state index in [0.29, 0.717) is 23.7 Å². The highest BCUT2D eigenvalue weighted by atomic mass is 35.5. The van der Waals surface area contributed by atoms with Crippen molar-refractivity contribution in [1.29, 1.82) is 0 Å². The standard InChI is InChI=1S/C18H18ClN5O/c1-22-12-14(11-20-22)18(25)24-8-6-23(7-9-24)17-5-2-13-10-15(19)3-4-16(13)21-17/h2-5,10-12H,6-9H2,1H3. The molecule has 6 nitrogen and oxygen atoms in total. The fraction of sp³-hybridized carbons (Fsp3) is 0.278. The number of pyridine rings is 1. The molecule has 0 atom stereocenters.